The standard InChI is InChI=1S/C8H5N3O3/c12-7-5-3-1-2-4-6(5)8(13)11(9-7)10-14/h1-4H,(H,9,12). The van der Waals surface area contributed by atoms with Crippen molar-refractivity contribution in [3.63, 3.8) is 0 Å². The summed E-state index contributed by atoms with van der Waals surface area (Å²) < 4.78 is 0. The lowest BCUT2D eigenvalue weighted by atomic mass is 10.2. The Balaban J connectivity index is 3.10. The van der Waals surface area contributed by atoms with E-state index in [1.807, 2.05) is 5.10 Å². The van der Waals surface area contributed by atoms with Crippen LogP contribution in [-0.4, -0.2) is 9.89 Å². The number of fused-ring (bicyclic) bond motifs is 1. The third-order valence-electron chi connectivity index (χ3n) is 1.88. The van der Waals surface area contributed by atoms with Gasteiger partial charge in [-0.05, 0) is 12.1 Å². The summed E-state index contributed by atoms with van der Waals surface area (Å²) in [6.07, 6.45) is 0. The molecule has 0 saturated heterocycles. The predicted molar refractivity (Wildman–Crippen MR) is 50.0 cm³/mol. The third-order valence-corrected chi connectivity index (χ3v) is 1.88. The molecule has 1 aromatic heterocycles. The van der Waals surface area contributed by atoms with Crippen molar-refractivity contribution in [3.8, 4) is 0 Å². The van der Waals surface area contributed by atoms with Crippen molar-refractivity contribution in [2.75, 3.05) is 0 Å². The molecule has 0 spiro atoms. The van der Waals surface area contributed by atoms with Crippen LogP contribution in [0.5, 0.6) is 0 Å². The van der Waals surface area contributed by atoms with Gasteiger partial charge in [0.05, 0.1) is 16.1 Å². The Bertz CT molecular complexity index is 611. The Morgan fingerprint density at radius 3 is 2.43 bits per heavy atom. The second-order valence-corrected chi connectivity index (χ2v) is 2.69. The third kappa shape index (κ3) is 1.05. The first-order chi connectivity index (χ1) is 6.74. The smallest absolute Gasteiger partial charge is 0.267 e. The lowest BCUT2D eigenvalue weighted by Crippen LogP contribution is -2.26. The number of nitrogens with one attached hydrogen (secondary N) is 1. The summed E-state index contributed by atoms with van der Waals surface area (Å²) in [4.78, 5) is 33.3. The van der Waals surface area contributed by atoms with Gasteiger partial charge in [-0.2, -0.15) is 0 Å². The van der Waals surface area contributed by atoms with E-state index < -0.39 is 11.1 Å². The van der Waals surface area contributed by atoms with Gasteiger partial charge in [0.15, 0.2) is 0 Å². The molecule has 0 fully saturated rings. The summed E-state index contributed by atoms with van der Waals surface area (Å²) in [7, 11) is 0. The van der Waals surface area contributed by atoms with Crippen molar-refractivity contribution in [3.05, 3.63) is 49.9 Å². The first kappa shape index (κ1) is 8.36. The first-order valence-corrected chi connectivity index (χ1v) is 3.82. The lowest BCUT2D eigenvalue weighted by Gasteiger charge is -1.96. The highest BCUT2D eigenvalue weighted by Crippen LogP contribution is 2.01. The van der Waals surface area contributed by atoms with Gasteiger partial charge in [-0.25, -0.2) is 5.10 Å². The molecule has 0 unspecified atom stereocenters. The van der Waals surface area contributed by atoms with Crippen LogP contribution in [0.3, 0.4) is 0 Å². The molecule has 0 saturated carbocycles. The molecule has 2 rings (SSSR count). The van der Waals surface area contributed by atoms with E-state index >= 15 is 0 Å². The van der Waals surface area contributed by atoms with Gasteiger partial charge in [0.2, 0.25) is 0 Å². The van der Waals surface area contributed by atoms with Crippen LogP contribution in [0.4, 0.5) is 0 Å². The number of hydrogen-bond donors (Lipinski definition) is 1. The molecule has 0 aliphatic heterocycles. The van der Waals surface area contributed by atoms with Gasteiger partial charge < -0.3 is 0 Å². The van der Waals surface area contributed by atoms with Gasteiger partial charge in [0.25, 0.3) is 11.1 Å². The summed E-state index contributed by atoms with van der Waals surface area (Å²) in [5.41, 5.74) is -1.14. The zero-order valence-corrected chi connectivity index (χ0v) is 6.93. The summed E-state index contributed by atoms with van der Waals surface area (Å²) in [6.45, 7) is 0. The number of aromatic nitrogens is 2. The average Bonchev–Trinajstić information content (AvgIpc) is 2.23. The number of nitroso groups, excluding NO2 is 1. The van der Waals surface area contributed by atoms with Crippen LogP contribution in [-0.2, 0) is 0 Å². The fourth-order valence-electron chi connectivity index (χ4n) is 1.25. The van der Waals surface area contributed by atoms with E-state index in [4.69, 9.17) is 0 Å². The predicted octanol–water partition coefficient (Wildman–Crippen LogP) is 0.219. The first-order valence-electron chi connectivity index (χ1n) is 3.82. The maximum absolute atomic E-state index is 11.4. The molecule has 1 aromatic carbocycles. The van der Waals surface area contributed by atoms with Crippen LogP contribution in [0.15, 0.2) is 39.1 Å². The fraction of sp³-hybridized carbons (Fsp3) is 0. The number of nitrogens with zero attached hydrogens (tertiary/aromatic N) is 2. The summed E-state index contributed by atoms with van der Waals surface area (Å²) in [5.74, 6) is 0. The zero-order chi connectivity index (χ0) is 10.1. The van der Waals surface area contributed by atoms with Crippen LogP contribution in [0.25, 0.3) is 10.8 Å². The Labute approximate surface area is 76.7 Å². The molecule has 1 N–H and O–H groups in total. The average molecular weight is 191 g/mol. The van der Waals surface area contributed by atoms with Gasteiger partial charge in [-0.1, -0.05) is 16.9 Å². The van der Waals surface area contributed by atoms with Crippen molar-refractivity contribution >= 4 is 10.8 Å². The molecule has 0 radical (unpaired) electrons. The van der Waals surface area contributed by atoms with Gasteiger partial charge in [0.1, 0.15) is 0 Å². The molecule has 2 aromatic rings. The monoisotopic (exact) mass is 191 g/mol. The maximum atomic E-state index is 11.4. The minimum atomic E-state index is -0.629. The van der Waals surface area contributed by atoms with Crippen LogP contribution in [0.1, 0.15) is 0 Å². The Morgan fingerprint density at radius 2 is 1.79 bits per heavy atom. The van der Waals surface area contributed by atoms with Crippen molar-refractivity contribution < 1.29 is 0 Å². The molecule has 0 amide bonds. The maximum Gasteiger partial charge on any atom is 0.297 e. The summed E-state index contributed by atoms with van der Waals surface area (Å²) in [6, 6.07) is 6.22. The highest BCUT2D eigenvalue weighted by atomic mass is 16.3. The van der Waals surface area contributed by atoms with E-state index in [1.165, 1.54) is 12.1 Å². The van der Waals surface area contributed by atoms with E-state index in [1.54, 1.807) is 12.1 Å². The quantitative estimate of drug-likeness (QED) is 0.654. The molecule has 6 nitrogen and oxygen atoms in total. The number of benzene rings is 1. The molecule has 0 aliphatic rings. The molecule has 0 bridgehead atoms. The molecular formula is C8H5N3O3. The van der Waals surface area contributed by atoms with Gasteiger partial charge in [-0.15, -0.1) is 4.91 Å². The topological polar surface area (TPSA) is 84.3 Å². The molecule has 14 heavy (non-hydrogen) atoms. The molecule has 1 heterocycles. The number of aromatic amines is 1. The minimum Gasteiger partial charge on any atom is -0.267 e. The van der Waals surface area contributed by atoms with Crippen LogP contribution >= 0.6 is 0 Å². The van der Waals surface area contributed by atoms with Crippen LogP contribution in [0.2, 0.25) is 0 Å². The molecule has 6 heteroatoms. The van der Waals surface area contributed by atoms with Gasteiger partial charge >= 0.3 is 0 Å². The van der Waals surface area contributed by atoms with Crippen molar-refractivity contribution in [2.24, 2.45) is 5.29 Å². The van der Waals surface area contributed by atoms with E-state index in [-0.39, 0.29) is 10.8 Å². The van der Waals surface area contributed by atoms with Crippen LogP contribution in [0, 0.1) is 4.91 Å². The van der Waals surface area contributed by atoms with E-state index in [0.717, 1.165) is 0 Å². The normalized spacial score (nSPS) is 10.3. The lowest BCUT2D eigenvalue weighted by molar-refractivity contribution is 0.675. The number of rotatable bonds is 1. The molecular weight excluding hydrogens is 186 g/mol. The number of H-pyrrole nitrogens is 1. The second kappa shape index (κ2) is 2.91. The Kier molecular flexibility index (Phi) is 1.74. The van der Waals surface area contributed by atoms with E-state index in [9.17, 15) is 14.5 Å². The fourth-order valence-corrected chi connectivity index (χ4v) is 1.25. The second-order valence-electron chi connectivity index (χ2n) is 2.69. The molecule has 70 valence electrons. The largest absolute Gasteiger partial charge is 0.297 e. The highest BCUT2D eigenvalue weighted by molar-refractivity contribution is 5.80. The van der Waals surface area contributed by atoms with Gasteiger partial charge in [0, 0.05) is 0 Å². The van der Waals surface area contributed by atoms with Crippen molar-refractivity contribution in [2.45, 2.75) is 0 Å². The van der Waals surface area contributed by atoms with E-state index in [0.29, 0.717) is 4.79 Å². The zero-order valence-electron chi connectivity index (χ0n) is 6.93. The minimum absolute atomic E-state index is 0.177. The van der Waals surface area contributed by atoms with Gasteiger partial charge in [-0.3, -0.25) is 9.59 Å². The summed E-state index contributed by atoms with van der Waals surface area (Å²) in [5, 5.41) is 4.84. The van der Waals surface area contributed by atoms with E-state index in [2.05, 4.69) is 5.29 Å². The van der Waals surface area contributed by atoms with Crippen LogP contribution < -0.4 is 11.1 Å². The summed E-state index contributed by atoms with van der Waals surface area (Å²) >= 11 is 0. The Morgan fingerprint density at radius 1 is 1.14 bits per heavy atom. The number of hydrogen-bond acceptors (Lipinski definition) is 4. The molecule has 0 aliphatic carbocycles. The SMILES string of the molecule is O=Nn1[nH]c(=O)c2ccccc2c1=O. The molecule has 0 atom stereocenters. The van der Waals surface area contributed by atoms with Crippen molar-refractivity contribution in [1.82, 2.24) is 9.89 Å². The Hall–Kier alpha value is -2.24. The highest BCUT2D eigenvalue weighted by Gasteiger charge is 2.05. The van der Waals surface area contributed by atoms with Crippen molar-refractivity contribution in [1.29, 1.82) is 0 Å².